The summed E-state index contributed by atoms with van der Waals surface area (Å²) in [4.78, 5) is 12.0. The Morgan fingerprint density at radius 1 is 1.06 bits per heavy atom. The smallest absolute Gasteiger partial charge is 0.434 e. The SMILES string of the molecule is CCCOC(=O)O[C@H]1CC[C@@]2(C)C(=CC[C@H]3[C@@H]4CC[C@H](C(C)CCCC(C)C)[C@@]4(C)CC[C@@H]32)C1. The normalized spacial score (nSPS) is 40.1. The summed E-state index contributed by atoms with van der Waals surface area (Å²) < 4.78 is 10.9. The van der Waals surface area contributed by atoms with Crippen molar-refractivity contribution in [2.75, 3.05) is 6.61 Å². The van der Waals surface area contributed by atoms with Crippen LogP contribution in [0.4, 0.5) is 4.79 Å². The highest BCUT2D eigenvalue weighted by molar-refractivity contribution is 5.60. The lowest BCUT2D eigenvalue weighted by Crippen LogP contribution is -2.51. The fraction of sp³-hybridized carbons (Fsp3) is 0.903. The molecule has 0 spiro atoms. The minimum atomic E-state index is -0.474. The van der Waals surface area contributed by atoms with E-state index >= 15 is 0 Å². The van der Waals surface area contributed by atoms with Crippen molar-refractivity contribution in [3.63, 3.8) is 0 Å². The summed E-state index contributed by atoms with van der Waals surface area (Å²) in [6, 6.07) is 0. The van der Waals surface area contributed by atoms with Crippen LogP contribution in [0.3, 0.4) is 0 Å². The van der Waals surface area contributed by atoms with Crippen molar-refractivity contribution in [1.82, 2.24) is 0 Å². The summed E-state index contributed by atoms with van der Waals surface area (Å²) in [5, 5.41) is 0. The molecule has 0 aliphatic heterocycles. The van der Waals surface area contributed by atoms with Gasteiger partial charge in [-0.2, -0.15) is 0 Å². The maximum atomic E-state index is 12.0. The van der Waals surface area contributed by atoms with Gasteiger partial charge in [-0.25, -0.2) is 4.79 Å². The lowest BCUT2D eigenvalue weighted by atomic mass is 9.47. The first kappa shape index (κ1) is 26.1. The monoisotopic (exact) mass is 472 g/mol. The fourth-order valence-electron chi connectivity index (χ4n) is 9.11. The maximum absolute atomic E-state index is 12.0. The largest absolute Gasteiger partial charge is 0.508 e. The van der Waals surface area contributed by atoms with Crippen molar-refractivity contribution in [2.24, 2.45) is 46.3 Å². The predicted molar refractivity (Wildman–Crippen MR) is 140 cm³/mol. The van der Waals surface area contributed by atoms with Crippen LogP contribution in [0.2, 0.25) is 0 Å². The van der Waals surface area contributed by atoms with Gasteiger partial charge in [-0.15, -0.1) is 0 Å². The maximum Gasteiger partial charge on any atom is 0.508 e. The molecule has 0 saturated heterocycles. The van der Waals surface area contributed by atoms with E-state index in [0.29, 0.717) is 17.4 Å². The van der Waals surface area contributed by atoms with Crippen LogP contribution in [-0.4, -0.2) is 18.9 Å². The summed E-state index contributed by atoms with van der Waals surface area (Å²) in [5.74, 6) is 5.19. The Balaban J connectivity index is 1.41. The van der Waals surface area contributed by atoms with Gasteiger partial charge in [0.05, 0.1) is 6.61 Å². The molecule has 3 saturated carbocycles. The van der Waals surface area contributed by atoms with Crippen LogP contribution in [0.5, 0.6) is 0 Å². The van der Waals surface area contributed by atoms with Gasteiger partial charge in [0.25, 0.3) is 0 Å². The summed E-state index contributed by atoms with van der Waals surface area (Å²) in [6.45, 7) is 15.0. The van der Waals surface area contributed by atoms with E-state index in [4.69, 9.17) is 9.47 Å². The molecule has 0 amide bonds. The Bertz CT molecular complexity index is 741. The van der Waals surface area contributed by atoms with E-state index in [1.165, 1.54) is 51.4 Å². The first-order valence-corrected chi connectivity index (χ1v) is 14.7. The van der Waals surface area contributed by atoms with Crippen LogP contribution in [0.25, 0.3) is 0 Å². The molecule has 194 valence electrons. The van der Waals surface area contributed by atoms with Gasteiger partial charge in [-0.3, -0.25) is 0 Å². The molecule has 0 bridgehead atoms. The summed E-state index contributed by atoms with van der Waals surface area (Å²) in [5.41, 5.74) is 2.43. The fourth-order valence-corrected chi connectivity index (χ4v) is 9.11. The van der Waals surface area contributed by atoms with E-state index in [1.807, 2.05) is 6.92 Å². The Labute approximate surface area is 209 Å². The molecular formula is C31H52O3. The minimum absolute atomic E-state index is 0.00311. The molecule has 4 aliphatic carbocycles. The van der Waals surface area contributed by atoms with E-state index in [0.717, 1.165) is 61.2 Å². The predicted octanol–water partition coefficient (Wildman–Crippen LogP) is 8.96. The standard InChI is InChI=1S/C31H52O3/c1-7-19-33-29(32)34-24-15-17-30(5)23(20-24)11-12-25-27-14-13-26(22(4)10-8-9-21(2)3)31(27,6)18-16-28(25)30/h11,21-22,24-28H,7-10,12-20H2,1-6H3/t22?,24-,25-,26+,27-,28-,30-,31+/m0/s1. The minimum Gasteiger partial charge on any atom is -0.434 e. The highest BCUT2D eigenvalue weighted by atomic mass is 16.7. The molecule has 0 radical (unpaired) electrons. The van der Waals surface area contributed by atoms with Gasteiger partial charge in [0.1, 0.15) is 6.10 Å². The molecule has 0 heterocycles. The van der Waals surface area contributed by atoms with Crippen LogP contribution in [0, 0.1) is 46.3 Å². The molecule has 34 heavy (non-hydrogen) atoms. The second-order valence-electron chi connectivity index (χ2n) is 13.4. The number of hydrogen-bond acceptors (Lipinski definition) is 3. The molecule has 0 aromatic carbocycles. The van der Waals surface area contributed by atoms with Gasteiger partial charge >= 0.3 is 6.16 Å². The first-order chi connectivity index (χ1) is 16.2. The van der Waals surface area contributed by atoms with Gasteiger partial charge in [0.15, 0.2) is 0 Å². The number of allylic oxidation sites excluding steroid dienone is 1. The lowest BCUT2D eigenvalue weighted by Gasteiger charge is -2.58. The summed E-state index contributed by atoms with van der Waals surface area (Å²) in [7, 11) is 0. The molecule has 3 nitrogen and oxygen atoms in total. The van der Waals surface area contributed by atoms with E-state index in [1.54, 1.807) is 5.57 Å². The van der Waals surface area contributed by atoms with Gasteiger partial charge < -0.3 is 9.47 Å². The third-order valence-electron chi connectivity index (χ3n) is 10.9. The molecule has 4 aliphatic rings. The van der Waals surface area contributed by atoms with Crippen LogP contribution < -0.4 is 0 Å². The zero-order valence-corrected chi connectivity index (χ0v) is 23.0. The molecule has 3 fully saturated rings. The van der Waals surface area contributed by atoms with Gasteiger partial charge in [0.2, 0.25) is 0 Å². The number of ether oxygens (including phenoxy) is 2. The first-order valence-electron chi connectivity index (χ1n) is 14.7. The van der Waals surface area contributed by atoms with Gasteiger partial charge in [-0.1, -0.05) is 72.5 Å². The Morgan fingerprint density at radius 2 is 1.85 bits per heavy atom. The van der Waals surface area contributed by atoms with Crippen molar-refractivity contribution in [3.05, 3.63) is 11.6 Å². The third-order valence-corrected chi connectivity index (χ3v) is 10.9. The van der Waals surface area contributed by atoms with Crippen molar-refractivity contribution < 1.29 is 14.3 Å². The molecule has 1 unspecified atom stereocenters. The molecule has 4 rings (SSSR count). The Morgan fingerprint density at radius 3 is 2.59 bits per heavy atom. The van der Waals surface area contributed by atoms with Crippen molar-refractivity contribution in [1.29, 1.82) is 0 Å². The molecule has 3 heteroatoms. The topological polar surface area (TPSA) is 35.5 Å². The van der Waals surface area contributed by atoms with E-state index in [9.17, 15) is 4.79 Å². The average Bonchev–Trinajstić information content (AvgIpc) is 3.15. The highest BCUT2D eigenvalue weighted by Gasteiger charge is 2.59. The van der Waals surface area contributed by atoms with Crippen molar-refractivity contribution >= 4 is 6.16 Å². The number of fused-ring (bicyclic) bond motifs is 5. The second kappa shape index (κ2) is 10.6. The van der Waals surface area contributed by atoms with E-state index in [2.05, 4.69) is 40.7 Å². The van der Waals surface area contributed by atoms with Crippen molar-refractivity contribution in [3.8, 4) is 0 Å². The Kier molecular flexibility index (Phi) is 8.10. The van der Waals surface area contributed by atoms with E-state index in [-0.39, 0.29) is 6.10 Å². The van der Waals surface area contributed by atoms with Crippen molar-refractivity contribution in [2.45, 2.75) is 125 Å². The number of carbonyl (C=O) groups excluding carboxylic acids is 1. The molecule has 0 aromatic rings. The molecule has 0 N–H and O–H groups in total. The Hall–Kier alpha value is -0.990. The second-order valence-corrected chi connectivity index (χ2v) is 13.4. The third kappa shape index (κ3) is 4.96. The number of rotatable bonds is 8. The highest BCUT2D eigenvalue weighted by Crippen LogP contribution is 2.67. The average molecular weight is 473 g/mol. The zero-order valence-electron chi connectivity index (χ0n) is 23.0. The van der Waals surface area contributed by atoms with Crippen LogP contribution in [0.1, 0.15) is 119 Å². The quantitative estimate of drug-likeness (QED) is 0.261. The number of hydrogen-bond donors (Lipinski definition) is 0. The molecular weight excluding hydrogens is 420 g/mol. The van der Waals surface area contributed by atoms with Crippen LogP contribution in [-0.2, 0) is 9.47 Å². The van der Waals surface area contributed by atoms with Crippen LogP contribution in [0.15, 0.2) is 11.6 Å². The lowest BCUT2D eigenvalue weighted by molar-refractivity contribution is -0.0616. The van der Waals surface area contributed by atoms with Crippen LogP contribution >= 0.6 is 0 Å². The van der Waals surface area contributed by atoms with Gasteiger partial charge in [-0.05, 0) is 97.7 Å². The van der Waals surface area contributed by atoms with Gasteiger partial charge in [0, 0.05) is 6.42 Å². The summed E-state index contributed by atoms with van der Waals surface area (Å²) >= 11 is 0. The number of carbonyl (C=O) groups is 1. The summed E-state index contributed by atoms with van der Waals surface area (Å²) in [6.07, 6.45) is 17.2. The molecule has 8 atom stereocenters. The zero-order chi connectivity index (χ0) is 24.5. The molecule has 0 aromatic heterocycles. The van der Waals surface area contributed by atoms with E-state index < -0.39 is 6.16 Å².